The quantitative estimate of drug-likeness (QED) is 0.570. The first-order valence-corrected chi connectivity index (χ1v) is 9.29. The third kappa shape index (κ3) is 4.05. The number of hydrogen-bond acceptors (Lipinski definition) is 5. The lowest BCUT2D eigenvalue weighted by atomic mass is 10.1. The summed E-state index contributed by atoms with van der Waals surface area (Å²) in [6.07, 6.45) is 0. The molecule has 7 heteroatoms. The highest BCUT2D eigenvalue weighted by atomic mass is 79.9. The molecule has 1 amide bonds. The number of aliphatic hydroxyl groups is 1. The number of carbonyl (C=O) groups excluding carboxylic acids is 1. The molecular formula is C21H20BrNO5. The lowest BCUT2D eigenvalue weighted by Crippen LogP contribution is -2.14. The van der Waals surface area contributed by atoms with E-state index in [1.165, 1.54) is 7.11 Å². The fraction of sp³-hybridized carbons (Fsp3) is 0.190. The molecule has 1 aromatic heterocycles. The van der Waals surface area contributed by atoms with Gasteiger partial charge in [0.2, 0.25) is 0 Å². The maximum Gasteiger partial charge on any atom is 0.259 e. The number of furan rings is 1. The van der Waals surface area contributed by atoms with Gasteiger partial charge < -0.3 is 24.3 Å². The average Bonchev–Trinajstić information content (AvgIpc) is 3.16. The van der Waals surface area contributed by atoms with E-state index in [9.17, 15) is 9.90 Å². The zero-order valence-corrected chi connectivity index (χ0v) is 17.3. The van der Waals surface area contributed by atoms with Crippen molar-refractivity contribution < 1.29 is 23.8 Å². The Bertz CT molecular complexity index is 1010. The van der Waals surface area contributed by atoms with E-state index in [0.717, 1.165) is 10.0 Å². The summed E-state index contributed by atoms with van der Waals surface area (Å²) in [5, 5.41) is 12.1. The number of hydrogen-bond donors (Lipinski definition) is 2. The molecule has 0 saturated carbocycles. The van der Waals surface area contributed by atoms with E-state index in [-0.39, 0.29) is 12.5 Å². The largest absolute Gasteiger partial charge is 0.496 e. The Morgan fingerprint density at radius 2 is 1.93 bits per heavy atom. The number of rotatable bonds is 6. The molecule has 0 aliphatic heterocycles. The second-order valence-electron chi connectivity index (χ2n) is 6.10. The van der Waals surface area contributed by atoms with Crippen molar-refractivity contribution in [3.8, 4) is 22.8 Å². The summed E-state index contributed by atoms with van der Waals surface area (Å²) in [6, 6.07) is 12.3. The number of halogens is 1. The zero-order chi connectivity index (χ0) is 20.3. The van der Waals surface area contributed by atoms with Crippen molar-refractivity contribution in [1.29, 1.82) is 0 Å². The van der Waals surface area contributed by atoms with E-state index in [2.05, 4.69) is 21.2 Å². The van der Waals surface area contributed by atoms with Crippen LogP contribution in [-0.2, 0) is 6.61 Å². The topological polar surface area (TPSA) is 80.9 Å². The Balaban J connectivity index is 1.95. The molecule has 0 radical (unpaired) electrons. The van der Waals surface area contributed by atoms with Gasteiger partial charge in [-0.15, -0.1) is 0 Å². The zero-order valence-electron chi connectivity index (χ0n) is 15.7. The molecule has 0 spiro atoms. The highest BCUT2D eigenvalue weighted by Gasteiger charge is 2.17. The van der Waals surface area contributed by atoms with Gasteiger partial charge in [-0.05, 0) is 55.0 Å². The van der Waals surface area contributed by atoms with E-state index in [0.29, 0.717) is 39.8 Å². The fourth-order valence-corrected chi connectivity index (χ4v) is 3.53. The minimum Gasteiger partial charge on any atom is -0.496 e. The van der Waals surface area contributed by atoms with Gasteiger partial charge in [0.05, 0.1) is 25.3 Å². The van der Waals surface area contributed by atoms with Gasteiger partial charge in [0.1, 0.15) is 29.6 Å². The molecule has 2 aromatic carbocycles. The molecule has 146 valence electrons. The van der Waals surface area contributed by atoms with Gasteiger partial charge in [0.25, 0.3) is 5.91 Å². The molecular weight excluding hydrogens is 426 g/mol. The van der Waals surface area contributed by atoms with Crippen LogP contribution in [0.2, 0.25) is 0 Å². The van der Waals surface area contributed by atoms with Crippen LogP contribution in [-0.4, -0.2) is 25.2 Å². The molecule has 3 aromatic rings. The maximum atomic E-state index is 12.9. The number of anilines is 1. The van der Waals surface area contributed by atoms with Gasteiger partial charge in [-0.1, -0.05) is 15.9 Å². The van der Waals surface area contributed by atoms with Gasteiger partial charge in [-0.25, -0.2) is 0 Å². The van der Waals surface area contributed by atoms with E-state index in [1.807, 2.05) is 13.0 Å². The molecule has 0 unspecified atom stereocenters. The highest BCUT2D eigenvalue weighted by molar-refractivity contribution is 9.10. The van der Waals surface area contributed by atoms with Gasteiger partial charge >= 0.3 is 0 Å². The van der Waals surface area contributed by atoms with Gasteiger partial charge in [-0.2, -0.15) is 0 Å². The summed E-state index contributed by atoms with van der Waals surface area (Å²) in [5.41, 5.74) is 2.51. The standard InChI is InChI=1S/C21H20BrNO5/c1-12-8-13(22)9-17(20(12)27-3)21(25)23-14-4-6-18(26-2)16(10-14)19-7-5-15(11-24)28-19/h4-10,24H,11H2,1-3H3,(H,23,25). The van der Waals surface area contributed by atoms with E-state index >= 15 is 0 Å². The van der Waals surface area contributed by atoms with Crippen LogP contribution in [0.1, 0.15) is 21.7 Å². The summed E-state index contributed by atoms with van der Waals surface area (Å²) in [4.78, 5) is 12.9. The molecule has 0 saturated heterocycles. The molecule has 28 heavy (non-hydrogen) atoms. The molecule has 1 heterocycles. The van der Waals surface area contributed by atoms with Crippen molar-refractivity contribution in [3.05, 3.63) is 63.8 Å². The predicted octanol–water partition coefficient (Wildman–Crippen LogP) is 4.78. The van der Waals surface area contributed by atoms with Crippen LogP contribution in [0.4, 0.5) is 5.69 Å². The van der Waals surface area contributed by atoms with Crippen molar-refractivity contribution in [3.63, 3.8) is 0 Å². The summed E-state index contributed by atoms with van der Waals surface area (Å²) in [5.74, 6) is 1.79. The van der Waals surface area contributed by atoms with Crippen molar-refractivity contribution >= 4 is 27.5 Å². The van der Waals surface area contributed by atoms with Gasteiger partial charge in [0, 0.05) is 10.2 Å². The van der Waals surface area contributed by atoms with Gasteiger partial charge in [0.15, 0.2) is 0 Å². The van der Waals surface area contributed by atoms with E-state index in [4.69, 9.17) is 13.9 Å². The lowest BCUT2D eigenvalue weighted by Gasteiger charge is -2.14. The summed E-state index contributed by atoms with van der Waals surface area (Å²) < 4.78 is 17.2. The molecule has 0 bridgehead atoms. The number of benzene rings is 2. The Morgan fingerprint density at radius 3 is 2.57 bits per heavy atom. The average molecular weight is 446 g/mol. The smallest absolute Gasteiger partial charge is 0.259 e. The van der Waals surface area contributed by atoms with E-state index < -0.39 is 0 Å². The third-order valence-electron chi connectivity index (χ3n) is 4.23. The third-order valence-corrected chi connectivity index (χ3v) is 4.69. The van der Waals surface area contributed by atoms with Crippen LogP contribution < -0.4 is 14.8 Å². The monoisotopic (exact) mass is 445 g/mol. The van der Waals surface area contributed by atoms with Crippen LogP contribution in [0.15, 0.2) is 51.4 Å². The Morgan fingerprint density at radius 1 is 1.14 bits per heavy atom. The SMILES string of the molecule is COc1ccc(NC(=O)c2cc(Br)cc(C)c2OC)cc1-c1ccc(CO)o1. The van der Waals surface area contributed by atoms with Crippen molar-refractivity contribution in [2.45, 2.75) is 13.5 Å². The first-order chi connectivity index (χ1) is 13.5. The number of methoxy groups -OCH3 is 2. The molecule has 0 aliphatic rings. The van der Waals surface area contributed by atoms with Crippen molar-refractivity contribution in [1.82, 2.24) is 0 Å². The number of carbonyl (C=O) groups is 1. The van der Waals surface area contributed by atoms with Crippen LogP contribution in [0.25, 0.3) is 11.3 Å². The fourth-order valence-electron chi connectivity index (χ4n) is 2.95. The summed E-state index contributed by atoms with van der Waals surface area (Å²) >= 11 is 3.42. The minimum atomic E-state index is -0.298. The Hall–Kier alpha value is -2.77. The second-order valence-corrected chi connectivity index (χ2v) is 7.01. The summed E-state index contributed by atoms with van der Waals surface area (Å²) in [6.45, 7) is 1.68. The van der Waals surface area contributed by atoms with Crippen molar-refractivity contribution in [2.24, 2.45) is 0 Å². The number of aliphatic hydroxyl groups excluding tert-OH is 1. The molecule has 0 atom stereocenters. The van der Waals surface area contributed by atoms with Crippen LogP contribution in [0, 0.1) is 6.92 Å². The summed E-state index contributed by atoms with van der Waals surface area (Å²) in [7, 11) is 3.09. The minimum absolute atomic E-state index is 0.194. The van der Waals surface area contributed by atoms with Crippen LogP contribution in [0.3, 0.4) is 0 Å². The van der Waals surface area contributed by atoms with Crippen LogP contribution >= 0.6 is 15.9 Å². The van der Waals surface area contributed by atoms with Crippen molar-refractivity contribution in [2.75, 3.05) is 19.5 Å². The second kappa shape index (κ2) is 8.50. The predicted molar refractivity (Wildman–Crippen MR) is 110 cm³/mol. The first kappa shape index (κ1) is 20.0. The molecule has 2 N–H and O–H groups in total. The van der Waals surface area contributed by atoms with Gasteiger partial charge in [-0.3, -0.25) is 4.79 Å². The number of aryl methyl sites for hydroxylation is 1. The Kier molecular flexibility index (Phi) is 6.06. The molecule has 0 fully saturated rings. The highest BCUT2D eigenvalue weighted by Crippen LogP contribution is 2.34. The van der Waals surface area contributed by atoms with E-state index in [1.54, 1.807) is 43.5 Å². The first-order valence-electron chi connectivity index (χ1n) is 8.50. The molecule has 0 aliphatic carbocycles. The normalized spacial score (nSPS) is 10.6. The number of amides is 1. The number of ether oxygens (including phenoxy) is 2. The molecule has 6 nitrogen and oxygen atoms in total. The van der Waals surface area contributed by atoms with Crippen LogP contribution in [0.5, 0.6) is 11.5 Å². The molecule has 3 rings (SSSR count). The lowest BCUT2D eigenvalue weighted by molar-refractivity contribution is 0.102. The number of nitrogens with one attached hydrogen (secondary N) is 1. The maximum absolute atomic E-state index is 12.9. The Labute approximate surface area is 171 Å².